The fourth-order valence-electron chi connectivity index (χ4n) is 1.88. The fraction of sp³-hybridized carbons (Fsp3) is 0.600. The van der Waals surface area contributed by atoms with Gasteiger partial charge < -0.3 is 10.6 Å². The van der Waals surface area contributed by atoms with Gasteiger partial charge >= 0.3 is 0 Å². The lowest BCUT2D eigenvalue weighted by Crippen LogP contribution is -2.33. The summed E-state index contributed by atoms with van der Waals surface area (Å²) in [5.74, 6) is 0.632. The standard InChI is InChI=1S/C15H25N3O/c1-5-17-14-10-16-9-8-13(14)15(19)18-12(4)7-6-11(2)3/h8-12,17H,5-7H2,1-4H3,(H,18,19). The van der Waals surface area contributed by atoms with Crippen LogP contribution >= 0.6 is 0 Å². The molecule has 0 radical (unpaired) electrons. The monoisotopic (exact) mass is 263 g/mol. The Morgan fingerprint density at radius 2 is 2.05 bits per heavy atom. The minimum atomic E-state index is -0.0328. The van der Waals surface area contributed by atoms with Gasteiger partial charge in [0.25, 0.3) is 5.91 Å². The first-order valence-corrected chi connectivity index (χ1v) is 7.03. The average Bonchev–Trinajstić information content (AvgIpc) is 2.37. The lowest BCUT2D eigenvalue weighted by atomic mass is 10.0. The maximum absolute atomic E-state index is 12.2. The van der Waals surface area contributed by atoms with Gasteiger partial charge in [-0.1, -0.05) is 13.8 Å². The van der Waals surface area contributed by atoms with Crippen molar-refractivity contribution in [1.29, 1.82) is 0 Å². The van der Waals surface area contributed by atoms with Crippen LogP contribution in [-0.4, -0.2) is 23.5 Å². The molecule has 1 atom stereocenters. The van der Waals surface area contributed by atoms with Gasteiger partial charge in [-0.25, -0.2) is 0 Å². The SMILES string of the molecule is CCNc1cnccc1C(=O)NC(C)CCC(C)C. The summed E-state index contributed by atoms with van der Waals surface area (Å²) in [5.41, 5.74) is 1.45. The highest BCUT2D eigenvalue weighted by atomic mass is 16.1. The van der Waals surface area contributed by atoms with Crippen LogP contribution in [0, 0.1) is 5.92 Å². The molecule has 2 N–H and O–H groups in total. The quantitative estimate of drug-likeness (QED) is 0.795. The van der Waals surface area contributed by atoms with E-state index >= 15 is 0 Å². The summed E-state index contributed by atoms with van der Waals surface area (Å²) < 4.78 is 0. The molecule has 19 heavy (non-hydrogen) atoms. The third-order valence-electron chi connectivity index (χ3n) is 2.99. The zero-order valence-electron chi connectivity index (χ0n) is 12.4. The van der Waals surface area contributed by atoms with Gasteiger partial charge in [0.15, 0.2) is 0 Å². The topological polar surface area (TPSA) is 54.0 Å². The third-order valence-corrected chi connectivity index (χ3v) is 2.99. The van der Waals surface area contributed by atoms with Crippen LogP contribution in [-0.2, 0) is 0 Å². The molecular formula is C15H25N3O. The fourth-order valence-corrected chi connectivity index (χ4v) is 1.88. The molecule has 1 amide bonds. The van der Waals surface area contributed by atoms with E-state index in [-0.39, 0.29) is 11.9 Å². The second-order valence-corrected chi connectivity index (χ2v) is 5.30. The van der Waals surface area contributed by atoms with E-state index < -0.39 is 0 Å². The Bertz CT molecular complexity index is 404. The van der Waals surface area contributed by atoms with Gasteiger partial charge in [0.2, 0.25) is 0 Å². The molecule has 1 rings (SSSR count). The van der Waals surface area contributed by atoms with Crippen molar-refractivity contribution in [3.63, 3.8) is 0 Å². The highest BCUT2D eigenvalue weighted by molar-refractivity contribution is 5.99. The number of anilines is 1. The Balaban J connectivity index is 2.62. The van der Waals surface area contributed by atoms with Crippen LogP contribution in [0.5, 0.6) is 0 Å². The molecule has 0 aromatic carbocycles. The number of nitrogens with one attached hydrogen (secondary N) is 2. The molecule has 0 saturated heterocycles. The van der Waals surface area contributed by atoms with Crippen LogP contribution in [0.3, 0.4) is 0 Å². The molecular weight excluding hydrogens is 238 g/mol. The summed E-state index contributed by atoms with van der Waals surface area (Å²) in [6, 6.07) is 1.94. The Morgan fingerprint density at radius 3 is 2.68 bits per heavy atom. The lowest BCUT2D eigenvalue weighted by molar-refractivity contribution is 0.0938. The number of rotatable bonds is 7. The number of aromatic nitrogens is 1. The molecule has 0 bridgehead atoms. The van der Waals surface area contributed by atoms with Gasteiger partial charge in [-0.2, -0.15) is 0 Å². The molecule has 106 valence electrons. The number of carbonyl (C=O) groups excluding carboxylic acids is 1. The zero-order chi connectivity index (χ0) is 14.3. The van der Waals surface area contributed by atoms with Crippen molar-refractivity contribution in [2.75, 3.05) is 11.9 Å². The first kappa shape index (κ1) is 15.5. The first-order chi connectivity index (χ1) is 9.04. The zero-order valence-corrected chi connectivity index (χ0v) is 12.4. The maximum atomic E-state index is 12.2. The van der Waals surface area contributed by atoms with E-state index in [1.54, 1.807) is 18.5 Å². The van der Waals surface area contributed by atoms with E-state index in [1.807, 2.05) is 13.8 Å². The van der Waals surface area contributed by atoms with Crippen molar-refractivity contribution in [3.8, 4) is 0 Å². The smallest absolute Gasteiger partial charge is 0.253 e. The molecule has 0 fully saturated rings. The van der Waals surface area contributed by atoms with Crippen molar-refractivity contribution < 1.29 is 4.79 Å². The van der Waals surface area contributed by atoms with Crippen LogP contribution < -0.4 is 10.6 Å². The molecule has 4 nitrogen and oxygen atoms in total. The number of nitrogens with zero attached hydrogens (tertiary/aromatic N) is 1. The largest absolute Gasteiger partial charge is 0.383 e. The molecule has 0 aliphatic carbocycles. The molecule has 0 spiro atoms. The van der Waals surface area contributed by atoms with Crippen molar-refractivity contribution in [2.24, 2.45) is 5.92 Å². The van der Waals surface area contributed by atoms with Gasteiger partial charge in [0.05, 0.1) is 17.4 Å². The van der Waals surface area contributed by atoms with Gasteiger partial charge in [0.1, 0.15) is 0 Å². The molecule has 0 saturated carbocycles. The summed E-state index contributed by atoms with van der Waals surface area (Å²) in [6.45, 7) is 9.21. The van der Waals surface area contributed by atoms with Crippen molar-refractivity contribution in [1.82, 2.24) is 10.3 Å². The minimum Gasteiger partial charge on any atom is -0.383 e. The Kier molecular flexibility index (Phi) is 6.33. The van der Waals surface area contributed by atoms with E-state index in [0.29, 0.717) is 11.5 Å². The normalized spacial score (nSPS) is 12.3. The summed E-state index contributed by atoms with van der Waals surface area (Å²) in [6.07, 6.45) is 5.47. The molecule has 0 aliphatic rings. The van der Waals surface area contributed by atoms with E-state index in [9.17, 15) is 4.79 Å². The van der Waals surface area contributed by atoms with Crippen LogP contribution in [0.2, 0.25) is 0 Å². The van der Waals surface area contributed by atoms with E-state index in [4.69, 9.17) is 0 Å². The Morgan fingerprint density at radius 1 is 1.32 bits per heavy atom. The van der Waals surface area contributed by atoms with E-state index in [0.717, 1.165) is 25.1 Å². The minimum absolute atomic E-state index is 0.0328. The predicted molar refractivity (Wildman–Crippen MR) is 79.4 cm³/mol. The molecule has 4 heteroatoms. The highest BCUT2D eigenvalue weighted by Crippen LogP contribution is 2.14. The number of hydrogen-bond acceptors (Lipinski definition) is 3. The van der Waals surface area contributed by atoms with Gasteiger partial charge in [-0.05, 0) is 38.7 Å². The summed E-state index contributed by atoms with van der Waals surface area (Å²) in [4.78, 5) is 16.3. The predicted octanol–water partition coefficient (Wildman–Crippen LogP) is 3.07. The lowest BCUT2D eigenvalue weighted by Gasteiger charge is -2.16. The Labute approximate surface area is 116 Å². The summed E-state index contributed by atoms with van der Waals surface area (Å²) in [7, 11) is 0. The molecule has 1 aromatic heterocycles. The maximum Gasteiger partial charge on any atom is 0.253 e. The van der Waals surface area contributed by atoms with Gasteiger partial charge in [-0.3, -0.25) is 9.78 Å². The van der Waals surface area contributed by atoms with Crippen molar-refractivity contribution in [2.45, 2.75) is 46.6 Å². The number of carbonyl (C=O) groups is 1. The van der Waals surface area contributed by atoms with Crippen LogP contribution in [0.25, 0.3) is 0 Å². The number of amides is 1. The second kappa shape index (κ2) is 7.77. The highest BCUT2D eigenvalue weighted by Gasteiger charge is 2.13. The molecule has 1 aromatic rings. The Hall–Kier alpha value is -1.58. The summed E-state index contributed by atoms with van der Waals surface area (Å²) >= 11 is 0. The molecule has 0 aliphatic heterocycles. The first-order valence-electron chi connectivity index (χ1n) is 7.03. The van der Waals surface area contributed by atoms with Gasteiger partial charge in [-0.15, -0.1) is 0 Å². The third kappa shape index (κ3) is 5.28. The van der Waals surface area contributed by atoms with Crippen molar-refractivity contribution >= 4 is 11.6 Å². The molecule has 1 heterocycles. The van der Waals surface area contributed by atoms with Crippen LogP contribution in [0.4, 0.5) is 5.69 Å². The van der Waals surface area contributed by atoms with Crippen LogP contribution in [0.1, 0.15) is 50.9 Å². The average molecular weight is 263 g/mol. The second-order valence-electron chi connectivity index (χ2n) is 5.30. The number of pyridine rings is 1. The molecule has 1 unspecified atom stereocenters. The summed E-state index contributed by atoms with van der Waals surface area (Å²) in [5, 5.41) is 6.20. The van der Waals surface area contributed by atoms with Crippen molar-refractivity contribution in [3.05, 3.63) is 24.0 Å². The van der Waals surface area contributed by atoms with Gasteiger partial charge in [0, 0.05) is 18.8 Å². The van der Waals surface area contributed by atoms with Crippen LogP contribution in [0.15, 0.2) is 18.5 Å². The van der Waals surface area contributed by atoms with E-state index in [1.165, 1.54) is 0 Å². The number of hydrogen-bond donors (Lipinski definition) is 2. The van der Waals surface area contributed by atoms with E-state index in [2.05, 4.69) is 29.5 Å².